The van der Waals surface area contributed by atoms with Gasteiger partial charge in [-0.2, -0.15) is 5.26 Å². The zero-order chi connectivity index (χ0) is 10.7. The first-order valence-corrected chi connectivity index (χ1v) is 3.63. The highest BCUT2D eigenvalue weighted by Gasteiger charge is 2.19. The zero-order valence-electron chi connectivity index (χ0n) is 6.85. The molecule has 1 heterocycles. The molecule has 0 aliphatic heterocycles. The van der Waals surface area contributed by atoms with E-state index in [1.165, 1.54) is 0 Å². The number of alkyl halides is 2. The van der Waals surface area contributed by atoms with Crippen LogP contribution in [0.4, 0.5) is 13.2 Å². The summed E-state index contributed by atoms with van der Waals surface area (Å²) in [7, 11) is 0. The normalized spacial score (nSPS) is 10.2. The van der Waals surface area contributed by atoms with Crippen LogP contribution in [-0.2, 0) is 6.42 Å². The van der Waals surface area contributed by atoms with E-state index >= 15 is 0 Å². The number of rotatable bonds is 2. The van der Waals surface area contributed by atoms with Gasteiger partial charge >= 0.3 is 0 Å². The molecular formula is C8H5F3N2O. The van der Waals surface area contributed by atoms with Crippen molar-refractivity contribution >= 4 is 0 Å². The Labute approximate surface area is 76.8 Å². The number of hydrogen-bond acceptors (Lipinski definition) is 2. The minimum atomic E-state index is -3.09. The molecule has 0 atom stereocenters. The maximum Gasteiger partial charge on any atom is 0.269 e. The number of pyridine rings is 1. The van der Waals surface area contributed by atoms with Crippen molar-refractivity contribution in [3.63, 3.8) is 0 Å². The lowest BCUT2D eigenvalue weighted by atomic mass is 10.1. The minimum Gasteiger partial charge on any atom is -0.361 e. The van der Waals surface area contributed by atoms with Crippen LogP contribution in [0.2, 0.25) is 0 Å². The van der Waals surface area contributed by atoms with Gasteiger partial charge in [-0.25, -0.2) is 13.2 Å². The quantitative estimate of drug-likeness (QED) is 0.790. The van der Waals surface area contributed by atoms with Crippen LogP contribution < -0.4 is 5.43 Å². The second kappa shape index (κ2) is 3.96. The number of nitrogens with zero attached hydrogens (tertiary/aromatic N) is 1. The molecule has 0 fully saturated rings. The number of nitriles is 1. The third-order valence-corrected chi connectivity index (χ3v) is 1.63. The lowest BCUT2D eigenvalue weighted by Gasteiger charge is -2.04. The average molecular weight is 202 g/mol. The molecule has 1 rings (SSSR count). The van der Waals surface area contributed by atoms with Gasteiger partial charge in [0.2, 0.25) is 5.43 Å². The Hall–Kier alpha value is -1.77. The third kappa shape index (κ3) is 1.76. The van der Waals surface area contributed by atoms with Crippen LogP contribution >= 0.6 is 0 Å². The fourth-order valence-electron chi connectivity index (χ4n) is 1.02. The molecule has 74 valence electrons. The lowest BCUT2D eigenvalue weighted by Crippen LogP contribution is -2.17. The maximum absolute atomic E-state index is 12.6. The van der Waals surface area contributed by atoms with Crippen molar-refractivity contribution in [2.45, 2.75) is 12.8 Å². The third-order valence-electron chi connectivity index (χ3n) is 1.63. The van der Waals surface area contributed by atoms with Crippen LogP contribution in [0.3, 0.4) is 0 Å². The number of H-pyrrole nitrogens is 1. The number of halogens is 3. The van der Waals surface area contributed by atoms with E-state index in [9.17, 15) is 18.0 Å². The monoisotopic (exact) mass is 202 g/mol. The molecule has 6 heteroatoms. The highest BCUT2D eigenvalue weighted by molar-refractivity contribution is 5.24. The first kappa shape index (κ1) is 10.3. The molecule has 0 bridgehead atoms. The van der Waals surface area contributed by atoms with Crippen LogP contribution in [0, 0.1) is 17.1 Å². The van der Waals surface area contributed by atoms with Crippen LogP contribution in [0.1, 0.15) is 17.7 Å². The van der Waals surface area contributed by atoms with Crippen LogP contribution in [0.5, 0.6) is 0 Å². The smallest absolute Gasteiger partial charge is 0.269 e. The van der Waals surface area contributed by atoms with Crippen molar-refractivity contribution in [1.29, 1.82) is 5.26 Å². The molecule has 1 aromatic rings. The highest BCUT2D eigenvalue weighted by Crippen LogP contribution is 2.18. The molecule has 0 radical (unpaired) electrons. The predicted molar refractivity (Wildman–Crippen MR) is 41.3 cm³/mol. The van der Waals surface area contributed by atoms with E-state index in [1.807, 2.05) is 0 Å². The van der Waals surface area contributed by atoms with Gasteiger partial charge in [-0.1, -0.05) is 0 Å². The fraction of sp³-hybridized carbons (Fsp3) is 0.250. The molecule has 1 N–H and O–H groups in total. The summed E-state index contributed by atoms with van der Waals surface area (Å²) in [5.74, 6) is -1.28. The van der Waals surface area contributed by atoms with E-state index in [2.05, 4.69) is 4.98 Å². The van der Waals surface area contributed by atoms with Crippen molar-refractivity contribution in [3.8, 4) is 6.07 Å². The summed E-state index contributed by atoms with van der Waals surface area (Å²) in [5.41, 5.74) is -2.57. The minimum absolute atomic E-state index is 0.242. The van der Waals surface area contributed by atoms with Crippen molar-refractivity contribution in [2.24, 2.45) is 0 Å². The zero-order valence-corrected chi connectivity index (χ0v) is 6.85. The second-order valence-electron chi connectivity index (χ2n) is 2.49. The Bertz CT molecular complexity index is 433. The van der Waals surface area contributed by atoms with E-state index in [1.54, 1.807) is 6.07 Å². The molecule has 0 aliphatic rings. The van der Waals surface area contributed by atoms with Crippen molar-refractivity contribution in [3.05, 3.63) is 33.5 Å². The topological polar surface area (TPSA) is 56.6 Å². The average Bonchev–Trinajstić information content (AvgIpc) is 2.11. The molecule has 0 unspecified atom stereocenters. The molecule has 0 spiro atoms. The van der Waals surface area contributed by atoms with E-state index in [0.717, 1.165) is 0 Å². The van der Waals surface area contributed by atoms with Gasteiger partial charge in [0, 0.05) is 11.9 Å². The van der Waals surface area contributed by atoms with Gasteiger partial charge in [0.05, 0.1) is 18.1 Å². The van der Waals surface area contributed by atoms with Gasteiger partial charge < -0.3 is 4.98 Å². The summed E-state index contributed by atoms with van der Waals surface area (Å²) < 4.78 is 37.2. The van der Waals surface area contributed by atoms with E-state index < -0.39 is 23.2 Å². The van der Waals surface area contributed by atoms with Crippen LogP contribution in [-0.4, -0.2) is 4.98 Å². The van der Waals surface area contributed by atoms with E-state index in [0.29, 0.717) is 6.20 Å². The van der Waals surface area contributed by atoms with Crippen molar-refractivity contribution in [2.75, 3.05) is 0 Å². The number of hydrogen-bond donors (Lipinski definition) is 1. The Morgan fingerprint density at radius 1 is 1.57 bits per heavy atom. The summed E-state index contributed by atoms with van der Waals surface area (Å²) in [6, 6.07) is 1.60. The highest BCUT2D eigenvalue weighted by atomic mass is 19.3. The van der Waals surface area contributed by atoms with Gasteiger partial charge in [-0.3, -0.25) is 4.79 Å². The van der Waals surface area contributed by atoms with Crippen molar-refractivity contribution in [1.82, 2.24) is 4.98 Å². The van der Waals surface area contributed by atoms with Crippen molar-refractivity contribution < 1.29 is 13.2 Å². The Morgan fingerprint density at radius 2 is 2.21 bits per heavy atom. The number of nitrogens with one attached hydrogen (secondary N) is 1. The molecule has 0 aromatic carbocycles. The summed E-state index contributed by atoms with van der Waals surface area (Å²) in [6.07, 6.45) is -2.80. The Kier molecular flexibility index (Phi) is 2.92. The largest absolute Gasteiger partial charge is 0.361 e. The molecule has 0 saturated carbocycles. The fourth-order valence-corrected chi connectivity index (χ4v) is 1.02. The Balaban J connectivity index is 3.39. The SMILES string of the molecule is N#CCc1[nH]cc(F)c(=O)c1C(F)F. The molecule has 0 saturated heterocycles. The number of aromatic nitrogens is 1. The van der Waals surface area contributed by atoms with Gasteiger partial charge in [-0.05, 0) is 0 Å². The number of aromatic amines is 1. The summed E-state index contributed by atoms with van der Waals surface area (Å²) in [4.78, 5) is 13.1. The van der Waals surface area contributed by atoms with E-state index in [-0.39, 0.29) is 12.1 Å². The second-order valence-corrected chi connectivity index (χ2v) is 2.49. The standard InChI is InChI=1S/C8H5F3N2O/c9-4-3-13-5(1-2-12)6(7(4)14)8(10)11/h3,8H,1H2,(H,13,14). The van der Waals surface area contributed by atoms with Gasteiger partial charge in [0.1, 0.15) is 0 Å². The lowest BCUT2D eigenvalue weighted by molar-refractivity contribution is 0.148. The first-order valence-electron chi connectivity index (χ1n) is 3.63. The molecular weight excluding hydrogens is 197 g/mol. The molecule has 0 amide bonds. The van der Waals surface area contributed by atoms with Crippen LogP contribution in [0.25, 0.3) is 0 Å². The summed E-state index contributed by atoms with van der Waals surface area (Å²) in [5, 5.41) is 8.28. The summed E-state index contributed by atoms with van der Waals surface area (Å²) in [6.45, 7) is 0. The maximum atomic E-state index is 12.6. The molecule has 3 nitrogen and oxygen atoms in total. The first-order chi connectivity index (χ1) is 6.57. The molecule has 0 aliphatic carbocycles. The van der Waals surface area contributed by atoms with Gasteiger partial charge in [-0.15, -0.1) is 0 Å². The van der Waals surface area contributed by atoms with Crippen LogP contribution in [0.15, 0.2) is 11.0 Å². The van der Waals surface area contributed by atoms with Gasteiger partial charge in [0.25, 0.3) is 6.43 Å². The van der Waals surface area contributed by atoms with E-state index in [4.69, 9.17) is 5.26 Å². The molecule has 1 aromatic heterocycles. The predicted octanol–water partition coefficient (Wildman–Crippen LogP) is 1.52. The van der Waals surface area contributed by atoms with Gasteiger partial charge in [0.15, 0.2) is 5.82 Å². The molecule has 14 heavy (non-hydrogen) atoms. The Morgan fingerprint density at radius 3 is 2.71 bits per heavy atom. The summed E-state index contributed by atoms with van der Waals surface area (Å²) >= 11 is 0.